The highest BCUT2D eigenvalue weighted by Gasteiger charge is 2.12. The molecular formula is C9H13N3O2S. The lowest BCUT2D eigenvalue weighted by atomic mass is 10.4. The summed E-state index contributed by atoms with van der Waals surface area (Å²) in [4.78, 5) is 18.8. The average Bonchev–Trinajstić information content (AvgIpc) is 2.12. The molecule has 0 saturated heterocycles. The molecule has 1 aromatic heterocycles. The Bertz CT molecular complexity index is 350. The molecule has 0 aliphatic rings. The number of carboxylic acid groups (broad SMARTS) is 1. The SMILES string of the molecule is Cc1cc(C)nc(SCC(N)C(=O)O)n1. The highest BCUT2D eigenvalue weighted by atomic mass is 32.2. The molecule has 6 heteroatoms. The van der Waals surface area contributed by atoms with Crippen molar-refractivity contribution in [2.45, 2.75) is 25.0 Å². The molecule has 0 radical (unpaired) electrons. The fourth-order valence-corrected chi connectivity index (χ4v) is 1.88. The number of thioether (sulfide) groups is 1. The molecule has 1 unspecified atom stereocenters. The lowest BCUT2D eigenvalue weighted by Gasteiger charge is -2.05. The Balaban J connectivity index is 2.61. The van der Waals surface area contributed by atoms with Gasteiger partial charge in [-0.05, 0) is 19.9 Å². The summed E-state index contributed by atoms with van der Waals surface area (Å²) in [7, 11) is 0. The Labute approximate surface area is 92.1 Å². The van der Waals surface area contributed by atoms with Gasteiger partial charge >= 0.3 is 5.97 Å². The van der Waals surface area contributed by atoms with E-state index < -0.39 is 12.0 Å². The predicted octanol–water partition coefficient (Wildman–Crippen LogP) is 0.597. The van der Waals surface area contributed by atoms with Crippen LogP contribution in [0.4, 0.5) is 0 Å². The van der Waals surface area contributed by atoms with Crippen molar-refractivity contribution >= 4 is 17.7 Å². The van der Waals surface area contributed by atoms with E-state index in [2.05, 4.69) is 9.97 Å². The summed E-state index contributed by atoms with van der Waals surface area (Å²) >= 11 is 1.26. The monoisotopic (exact) mass is 227 g/mol. The first-order valence-electron chi connectivity index (χ1n) is 4.42. The van der Waals surface area contributed by atoms with Gasteiger partial charge in [0.15, 0.2) is 5.16 Å². The van der Waals surface area contributed by atoms with Crippen molar-refractivity contribution in [1.29, 1.82) is 0 Å². The molecular weight excluding hydrogens is 214 g/mol. The number of aromatic nitrogens is 2. The number of hydrogen-bond donors (Lipinski definition) is 2. The molecule has 1 rings (SSSR count). The van der Waals surface area contributed by atoms with Gasteiger partial charge in [-0.1, -0.05) is 11.8 Å². The molecule has 0 saturated carbocycles. The number of aryl methyl sites for hydroxylation is 2. The largest absolute Gasteiger partial charge is 0.480 e. The molecule has 0 spiro atoms. The van der Waals surface area contributed by atoms with Crippen LogP contribution in [0.15, 0.2) is 11.2 Å². The van der Waals surface area contributed by atoms with Gasteiger partial charge in [-0.2, -0.15) is 0 Å². The van der Waals surface area contributed by atoms with Crippen LogP contribution < -0.4 is 5.73 Å². The fraction of sp³-hybridized carbons (Fsp3) is 0.444. The molecule has 1 heterocycles. The molecule has 0 aromatic carbocycles. The van der Waals surface area contributed by atoms with E-state index in [4.69, 9.17) is 10.8 Å². The summed E-state index contributed by atoms with van der Waals surface area (Å²) in [6, 6.07) is 0.987. The Morgan fingerprint density at radius 2 is 2.07 bits per heavy atom. The molecule has 0 fully saturated rings. The summed E-state index contributed by atoms with van der Waals surface area (Å²) in [5, 5.41) is 9.16. The normalized spacial score (nSPS) is 12.5. The third kappa shape index (κ3) is 3.85. The zero-order valence-electron chi connectivity index (χ0n) is 8.60. The third-order valence-corrected chi connectivity index (χ3v) is 2.64. The quantitative estimate of drug-likeness (QED) is 0.578. The van der Waals surface area contributed by atoms with E-state index in [1.807, 2.05) is 19.9 Å². The number of hydrogen-bond acceptors (Lipinski definition) is 5. The van der Waals surface area contributed by atoms with Gasteiger partial charge in [-0.15, -0.1) is 0 Å². The first kappa shape index (κ1) is 11.9. The van der Waals surface area contributed by atoms with Gasteiger partial charge in [0.1, 0.15) is 6.04 Å². The van der Waals surface area contributed by atoms with Gasteiger partial charge in [-0.25, -0.2) is 9.97 Å². The van der Waals surface area contributed by atoms with Crippen molar-refractivity contribution in [1.82, 2.24) is 9.97 Å². The van der Waals surface area contributed by atoms with Crippen LogP contribution in [0.3, 0.4) is 0 Å². The minimum atomic E-state index is -1.01. The summed E-state index contributed by atoms with van der Waals surface area (Å²) < 4.78 is 0. The molecule has 0 aliphatic heterocycles. The number of aliphatic carboxylic acids is 1. The number of carboxylic acids is 1. The smallest absolute Gasteiger partial charge is 0.321 e. The molecule has 1 aromatic rings. The standard InChI is InChI=1S/C9H13N3O2S/c1-5-3-6(2)12-9(11-5)15-4-7(10)8(13)14/h3,7H,4,10H2,1-2H3,(H,13,14). The van der Waals surface area contributed by atoms with Crippen LogP contribution in [0, 0.1) is 13.8 Å². The Hall–Kier alpha value is -1.14. The second-order valence-electron chi connectivity index (χ2n) is 3.19. The van der Waals surface area contributed by atoms with Crippen molar-refractivity contribution in [2.24, 2.45) is 5.73 Å². The minimum Gasteiger partial charge on any atom is -0.480 e. The van der Waals surface area contributed by atoms with Gasteiger partial charge in [-0.3, -0.25) is 4.79 Å². The maximum absolute atomic E-state index is 10.5. The van der Waals surface area contributed by atoms with Gasteiger partial charge in [0.05, 0.1) is 0 Å². The van der Waals surface area contributed by atoms with Crippen LogP contribution in [-0.4, -0.2) is 32.8 Å². The highest BCUT2D eigenvalue weighted by molar-refractivity contribution is 7.99. The fourth-order valence-electron chi connectivity index (χ4n) is 0.994. The van der Waals surface area contributed by atoms with E-state index in [0.29, 0.717) is 5.16 Å². The van der Waals surface area contributed by atoms with E-state index in [9.17, 15) is 4.79 Å². The summed E-state index contributed by atoms with van der Waals surface area (Å²) in [5.41, 5.74) is 7.10. The first-order valence-corrected chi connectivity index (χ1v) is 5.41. The van der Waals surface area contributed by atoms with E-state index >= 15 is 0 Å². The maximum Gasteiger partial charge on any atom is 0.321 e. The Morgan fingerprint density at radius 1 is 1.53 bits per heavy atom. The highest BCUT2D eigenvalue weighted by Crippen LogP contribution is 2.14. The first-order chi connectivity index (χ1) is 6.99. The number of nitrogens with two attached hydrogens (primary N) is 1. The average molecular weight is 227 g/mol. The molecule has 3 N–H and O–H groups in total. The topological polar surface area (TPSA) is 89.1 Å². The van der Waals surface area contributed by atoms with Crippen LogP contribution in [0.2, 0.25) is 0 Å². The van der Waals surface area contributed by atoms with Crippen molar-refractivity contribution in [3.05, 3.63) is 17.5 Å². The number of carbonyl (C=O) groups is 1. The van der Waals surface area contributed by atoms with Crippen molar-refractivity contribution in [3.63, 3.8) is 0 Å². The molecule has 15 heavy (non-hydrogen) atoms. The van der Waals surface area contributed by atoms with E-state index in [1.165, 1.54) is 11.8 Å². The van der Waals surface area contributed by atoms with Gasteiger partial charge in [0.25, 0.3) is 0 Å². The van der Waals surface area contributed by atoms with Crippen LogP contribution >= 0.6 is 11.8 Å². The lowest BCUT2D eigenvalue weighted by molar-refractivity contribution is -0.137. The molecule has 82 valence electrons. The van der Waals surface area contributed by atoms with Gasteiger partial charge in [0, 0.05) is 17.1 Å². The Morgan fingerprint density at radius 3 is 2.53 bits per heavy atom. The minimum absolute atomic E-state index is 0.276. The third-order valence-electron chi connectivity index (χ3n) is 1.67. The van der Waals surface area contributed by atoms with Gasteiger partial charge in [0.2, 0.25) is 0 Å². The van der Waals surface area contributed by atoms with Crippen LogP contribution in [0.25, 0.3) is 0 Å². The molecule has 5 nitrogen and oxygen atoms in total. The number of rotatable bonds is 4. The molecule has 1 atom stereocenters. The summed E-state index contributed by atoms with van der Waals surface area (Å²) in [5.74, 6) is -0.732. The Kier molecular flexibility index (Phi) is 4.05. The van der Waals surface area contributed by atoms with Crippen molar-refractivity contribution in [3.8, 4) is 0 Å². The van der Waals surface area contributed by atoms with E-state index in [1.54, 1.807) is 0 Å². The summed E-state index contributed by atoms with van der Waals surface area (Å²) in [6.45, 7) is 3.74. The van der Waals surface area contributed by atoms with Crippen LogP contribution in [0.5, 0.6) is 0 Å². The van der Waals surface area contributed by atoms with E-state index in [0.717, 1.165) is 11.4 Å². The van der Waals surface area contributed by atoms with Crippen molar-refractivity contribution in [2.75, 3.05) is 5.75 Å². The molecule has 0 bridgehead atoms. The van der Waals surface area contributed by atoms with Crippen LogP contribution in [-0.2, 0) is 4.79 Å². The van der Waals surface area contributed by atoms with Crippen LogP contribution in [0.1, 0.15) is 11.4 Å². The second kappa shape index (κ2) is 5.09. The molecule has 0 aliphatic carbocycles. The molecule has 0 amide bonds. The lowest BCUT2D eigenvalue weighted by Crippen LogP contribution is -2.32. The zero-order valence-corrected chi connectivity index (χ0v) is 9.41. The summed E-state index contributed by atoms with van der Waals surface area (Å²) in [6.07, 6.45) is 0. The predicted molar refractivity (Wildman–Crippen MR) is 57.8 cm³/mol. The number of nitrogens with zero attached hydrogens (tertiary/aromatic N) is 2. The van der Waals surface area contributed by atoms with Gasteiger partial charge < -0.3 is 10.8 Å². The van der Waals surface area contributed by atoms with E-state index in [-0.39, 0.29) is 5.75 Å². The second-order valence-corrected chi connectivity index (χ2v) is 4.18. The zero-order chi connectivity index (χ0) is 11.4. The van der Waals surface area contributed by atoms with Crippen molar-refractivity contribution < 1.29 is 9.90 Å². The maximum atomic E-state index is 10.5.